The first-order valence-electron chi connectivity index (χ1n) is 8.36. The average Bonchev–Trinajstić information content (AvgIpc) is 2.62. The Bertz CT molecular complexity index is 835. The molecule has 5 heteroatoms. The quantitative estimate of drug-likeness (QED) is 0.664. The molecule has 0 aliphatic carbocycles. The van der Waals surface area contributed by atoms with Gasteiger partial charge in [0.25, 0.3) is 0 Å². The van der Waals surface area contributed by atoms with Gasteiger partial charge in [0.1, 0.15) is 11.6 Å². The number of ether oxygens (including phenoxy) is 1. The summed E-state index contributed by atoms with van der Waals surface area (Å²) >= 11 is 0. The van der Waals surface area contributed by atoms with Gasteiger partial charge in [0, 0.05) is 12.7 Å². The van der Waals surface area contributed by atoms with Crippen LogP contribution in [0, 0.1) is 6.92 Å². The number of nitrogens with one attached hydrogen (secondary N) is 2. The van der Waals surface area contributed by atoms with Crippen LogP contribution in [0.1, 0.15) is 18.1 Å². The number of para-hydroxylation sites is 2. The Morgan fingerprint density at radius 3 is 2.76 bits per heavy atom. The predicted molar refractivity (Wildman–Crippen MR) is 101 cm³/mol. The Labute approximate surface area is 148 Å². The van der Waals surface area contributed by atoms with E-state index in [0.29, 0.717) is 19.1 Å². The predicted octanol–water partition coefficient (Wildman–Crippen LogP) is 4.54. The summed E-state index contributed by atoms with van der Waals surface area (Å²) in [6, 6.07) is 18.0. The summed E-state index contributed by atoms with van der Waals surface area (Å²) in [4.78, 5) is 8.81. The highest BCUT2D eigenvalue weighted by Crippen LogP contribution is 2.26. The van der Waals surface area contributed by atoms with Crippen molar-refractivity contribution in [2.75, 3.05) is 17.2 Å². The Hall–Kier alpha value is -3.08. The molecule has 3 rings (SSSR count). The van der Waals surface area contributed by atoms with Gasteiger partial charge >= 0.3 is 0 Å². The van der Waals surface area contributed by atoms with Gasteiger partial charge in [-0.2, -0.15) is 4.98 Å². The van der Waals surface area contributed by atoms with Crippen LogP contribution in [0.3, 0.4) is 0 Å². The molecule has 2 aromatic carbocycles. The minimum Gasteiger partial charge on any atom is -0.492 e. The van der Waals surface area contributed by atoms with E-state index < -0.39 is 0 Å². The van der Waals surface area contributed by atoms with Crippen LogP contribution in [0.4, 0.5) is 17.5 Å². The topological polar surface area (TPSA) is 59.1 Å². The van der Waals surface area contributed by atoms with Crippen molar-refractivity contribution >= 4 is 17.5 Å². The zero-order chi connectivity index (χ0) is 17.5. The zero-order valence-corrected chi connectivity index (χ0v) is 14.5. The van der Waals surface area contributed by atoms with Gasteiger partial charge in [0.2, 0.25) is 5.95 Å². The van der Waals surface area contributed by atoms with Crippen LogP contribution in [0.2, 0.25) is 0 Å². The van der Waals surface area contributed by atoms with Crippen LogP contribution < -0.4 is 15.4 Å². The third-order valence-electron chi connectivity index (χ3n) is 3.65. The van der Waals surface area contributed by atoms with Crippen molar-refractivity contribution in [3.05, 3.63) is 71.9 Å². The fourth-order valence-corrected chi connectivity index (χ4v) is 2.50. The molecule has 0 aliphatic heterocycles. The fourth-order valence-electron chi connectivity index (χ4n) is 2.50. The van der Waals surface area contributed by atoms with Crippen LogP contribution in [0.15, 0.2) is 60.8 Å². The lowest BCUT2D eigenvalue weighted by Crippen LogP contribution is -2.05. The third-order valence-corrected chi connectivity index (χ3v) is 3.65. The summed E-state index contributed by atoms with van der Waals surface area (Å²) in [5, 5.41) is 6.55. The number of benzene rings is 2. The minimum absolute atomic E-state index is 0.529. The van der Waals surface area contributed by atoms with Gasteiger partial charge < -0.3 is 15.4 Å². The largest absolute Gasteiger partial charge is 0.492 e. The SMILES string of the molecule is CCOc1ccccc1Nc1nccc(NCc2cccc(C)c2)n1. The smallest absolute Gasteiger partial charge is 0.229 e. The molecular weight excluding hydrogens is 312 g/mol. The molecule has 5 nitrogen and oxygen atoms in total. The number of aromatic nitrogens is 2. The Kier molecular flexibility index (Phi) is 5.46. The van der Waals surface area contributed by atoms with Crippen LogP contribution in [-0.2, 0) is 6.54 Å². The second kappa shape index (κ2) is 8.15. The maximum Gasteiger partial charge on any atom is 0.229 e. The van der Waals surface area contributed by atoms with Gasteiger partial charge in [-0.25, -0.2) is 4.98 Å². The van der Waals surface area contributed by atoms with E-state index in [2.05, 4.69) is 51.8 Å². The second-order valence-electron chi connectivity index (χ2n) is 5.66. The van der Waals surface area contributed by atoms with Crippen molar-refractivity contribution in [3.8, 4) is 5.75 Å². The number of aryl methyl sites for hydroxylation is 1. The van der Waals surface area contributed by atoms with E-state index in [0.717, 1.165) is 17.3 Å². The van der Waals surface area contributed by atoms with E-state index in [1.807, 2.05) is 37.3 Å². The van der Waals surface area contributed by atoms with Crippen LogP contribution >= 0.6 is 0 Å². The molecule has 25 heavy (non-hydrogen) atoms. The molecule has 0 amide bonds. The van der Waals surface area contributed by atoms with Gasteiger partial charge in [-0.15, -0.1) is 0 Å². The van der Waals surface area contributed by atoms with Gasteiger partial charge in [-0.3, -0.25) is 0 Å². The molecule has 1 heterocycles. The fraction of sp³-hybridized carbons (Fsp3) is 0.200. The molecule has 0 unspecified atom stereocenters. The summed E-state index contributed by atoms with van der Waals surface area (Å²) < 4.78 is 5.62. The zero-order valence-electron chi connectivity index (χ0n) is 14.5. The molecule has 2 N–H and O–H groups in total. The first-order valence-corrected chi connectivity index (χ1v) is 8.36. The monoisotopic (exact) mass is 334 g/mol. The lowest BCUT2D eigenvalue weighted by atomic mass is 10.1. The highest BCUT2D eigenvalue weighted by atomic mass is 16.5. The van der Waals surface area contributed by atoms with Crippen molar-refractivity contribution < 1.29 is 4.74 Å². The van der Waals surface area contributed by atoms with Crippen molar-refractivity contribution in [2.24, 2.45) is 0 Å². The van der Waals surface area contributed by atoms with Crippen LogP contribution in [0.5, 0.6) is 5.75 Å². The molecule has 3 aromatic rings. The number of hydrogen-bond acceptors (Lipinski definition) is 5. The summed E-state index contributed by atoms with van der Waals surface area (Å²) in [5.74, 6) is 2.08. The Balaban J connectivity index is 1.69. The van der Waals surface area contributed by atoms with E-state index >= 15 is 0 Å². The molecule has 0 saturated heterocycles. The molecule has 0 atom stereocenters. The summed E-state index contributed by atoms with van der Waals surface area (Å²) in [6.07, 6.45) is 1.73. The molecule has 0 fully saturated rings. The van der Waals surface area contributed by atoms with E-state index in [-0.39, 0.29) is 0 Å². The van der Waals surface area contributed by atoms with Gasteiger partial charge in [0.05, 0.1) is 12.3 Å². The molecule has 0 bridgehead atoms. The summed E-state index contributed by atoms with van der Waals surface area (Å²) in [6.45, 7) is 5.38. The van der Waals surface area contributed by atoms with E-state index in [4.69, 9.17) is 4.74 Å². The van der Waals surface area contributed by atoms with Gasteiger partial charge in [-0.05, 0) is 37.6 Å². The Morgan fingerprint density at radius 2 is 1.92 bits per heavy atom. The molecule has 0 aliphatic rings. The normalized spacial score (nSPS) is 10.3. The Morgan fingerprint density at radius 1 is 1.04 bits per heavy atom. The number of anilines is 3. The highest BCUT2D eigenvalue weighted by Gasteiger charge is 2.05. The summed E-state index contributed by atoms with van der Waals surface area (Å²) in [5.41, 5.74) is 3.31. The van der Waals surface area contributed by atoms with E-state index in [1.54, 1.807) is 6.20 Å². The van der Waals surface area contributed by atoms with Gasteiger partial charge in [0.15, 0.2) is 0 Å². The van der Waals surface area contributed by atoms with E-state index in [1.165, 1.54) is 11.1 Å². The maximum atomic E-state index is 5.62. The molecule has 0 saturated carbocycles. The van der Waals surface area contributed by atoms with Gasteiger partial charge in [-0.1, -0.05) is 42.0 Å². The minimum atomic E-state index is 0.529. The number of nitrogens with zero attached hydrogens (tertiary/aromatic N) is 2. The highest BCUT2D eigenvalue weighted by molar-refractivity contribution is 5.62. The average molecular weight is 334 g/mol. The molecule has 1 aromatic heterocycles. The third kappa shape index (κ3) is 4.70. The van der Waals surface area contributed by atoms with Crippen LogP contribution in [0.25, 0.3) is 0 Å². The number of hydrogen-bond donors (Lipinski definition) is 2. The first-order chi connectivity index (χ1) is 12.2. The lowest BCUT2D eigenvalue weighted by molar-refractivity contribution is 0.342. The standard InChI is InChI=1S/C20H22N4O/c1-3-25-18-10-5-4-9-17(18)23-20-21-12-11-19(24-20)22-14-16-8-6-7-15(2)13-16/h4-13H,3,14H2,1-2H3,(H2,21,22,23,24). The van der Waals surface area contributed by atoms with Crippen molar-refractivity contribution in [2.45, 2.75) is 20.4 Å². The molecule has 0 spiro atoms. The maximum absolute atomic E-state index is 5.62. The van der Waals surface area contributed by atoms with E-state index in [9.17, 15) is 0 Å². The molecule has 0 radical (unpaired) electrons. The number of rotatable bonds is 7. The first kappa shape index (κ1) is 16.8. The van der Waals surface area contributed by atoms with Crippen molar-refractivity contribution in [1.82, 2.24) is 9.97 Å². The van der Waals surface area contributed by atoms with Crippen molar-refractivity contribution in [1.29, 1.82) is 0 Å². The lowest BCUT2D eigenvalue weighted by Gasteiger charge is -2.12. The molecule has 128 valence electrons. The van der Waals surface area contributed by atoms with Crippen molar-refractivity contribution in [3.63, 3.8) is 0 Å². The van der Waals surface area contributed by atoms with Crippen LogP contribution in [-0.4, -0.2) is 16.6 Å². The summed E-state index contributed by atoms with van der Waals surface area (Å²) in [7, 11) is 0. The molecular formula is C20H22N4O. The second-order valence-corrected chi connectivity index (χ2v) is 5.66.